The molecule has 2 saturated heterocycles. The molecule has 2 heterocycles. The first-order valence-electron chi connectivity index (χ1n) is 8.08. The number of ether oxygens (including phenoxy) is 2. The summed E-state index contributed by atoms with van der Waals surface area (Å²) < 4.78 is 10.8. The predicted octanol–water partition coefficient (Wildman–Crippen LogP) is 2.37. The summed E-state index contributed by atoms with van der Waals surface area (Å²) in [4.78, 5) is 16.8. The molecule has 0 aliphatic carbocycles. The van der Waals surface area contributed by atoms with E-state index in [1.165, 1.54) is 12.8 Å². The van der Waals surface area contributed by atoms with Crippen LogP contribution >= 0.6 is 11.8 Å². The molecule has 0 radical (unpaired) electrons. The molecule has 1 unspecified atom stereocenters. The highest BCUT2D eigenvalue weighted by molar-refractivity contribution is 8.00. The molecule has 2 aliphatic heterocycles. The Bertz CT molecular complexity index is 561. The molecule has 6 heteroatoms. The van der Waals surface area contributed by atoms with Crippen LogP contribution in [0.5, 0.6) is 11.5 Å². The molecular formula is C17H24N2O3S. The second kappa shape index (κ2) is 7.45. The minimum absolute atomic E-state index is 0.00940. The van der Waals surface area contributed by atoms with Gasteiger partial charge >= 0.3 is 0 Å². The molecule has 23 heavy (non-hydrogen) atoms. The molecule has 0 N–H and O–H groups in total. The lowest BCUT2D eigenvalue weighted by Crippen LogP contribution is -2.36. The quantitative estimate of drug-likeness (QED) is 0.798. The van der Waals surface area contributed by atoms with E-state index in [0.29, 0.717) is 5.75 Å². The van der Waals surface area contributed by atoms with Gasteiger partial charge in [-0.3, -0.25) is 4.79 Å². The van der Waals surface area contributed by atoms with Crippen LogP contribution in [0.3, 0.4) is 0 Å². The number of carbonyl (C=O) groups is 1. The van der Waals surface area contributed by atoms with E-state index in [0.717, 1.165) is 43.2 Å². The zero-order valence-electron chi connectivity index (χ0n) is 13.8. The summed E-state index contributed by atoms with van der Waals surface area (Å²) in [5.41, 5.74) is 1.02. The molecule has 1 atom stereocenters. The number of hydrogen-bond donors (Lipinski definition) is 0. The number of rotatable bonds is 6. The average Bonchev–Trinajstić information content (AvgIpc) is 3.22. The minimum atomic E-state index is 0.00940. The Morgan fingerprint density at radius 2 is 1.96 bits per heavy atom. The van der Waals surface area contributed by atoms with E-state index in [-0.39, 0.29) is 11.3 Å². The van der Waals surface area contributed by atoms with Crippen molar-refractivity contribution in [1.29, 1.82) is 0 Å². The van der Waals surface area contributed by atoms with Crippen LogP contribution in [-0.2, 0) is 4.79 Å². The highest BCUT2D eigenvalue weighted by atomic mass is 32.2. The number of methoxy groups -OCH3 is 2. The van der Waals surface area contributed by atoms with Gasteiger partial charge in [0.25, 0.3) is 0 Å². The van der Waals surface area contributed by atoms with E-state index in [1.807, 2.05) is 23.1 Å². The maximum Gasteiger partial charge on any atom is 0.233 e. The number of nitrogens with zero attached hydrogens (tertiary/aromatic N) is 2. The lowest BCUT2D eigenvalue weighted by Gasteiger charge is -2.27. The van der Waals surface area contributed by atoms with Gasteiger partial charge in [-0.25, -0.2) is 0 Å². The van der Waals surface area contributed by atoms with E-state index in [9.17, 15) is 4.79 Å². The standard InChI is InChI=1S/C17H24N2O3S/c1-21-13-5-6-15(22-2)14(11-13)17-19(16(20)12-23-17)10-9-18-7-3-4-8-18/h5-6,11,17H,3-4,7-10,12H2,1-2H3. The van der Waals surface area contributed by atoms with Crippen LogP contribution in [0, 0.1) is 0 Å². The van der Waals surface area contributed by atoms with Crippen molar-refractivity contribution >= 4 is 17.7 Å². The normalized spacial score (nSPS) is 21.9. The van der Waals surface area contributed by atoms with E-state index < -0.39 is 0 Å². The molecule has 2 fully saturated rings. The first kappa shape index (κ1) is 16.5. The Kier molecular flexibility index (Phi) is 5.33. The van der Waals surface area contributed by atoms with Gasteiger partial charge in [0.05, 0.1) is 20.0 Å². The molecule has 3 rings (SSSR count). The zero-order valence-corrected chi connectivity index (χ0v) is 14.6. The van der Waals surface area contributed by atoms with Crippen molar-refractivity contribution in [3.63, 3.8) is 0 Å². The third-order valence-electron chi connectivity index (χ3n) is 4.53. The van der Waals surface area contributed by atoms with Gasteiger partial charge in [-0.05, 0) is 44.1 Å². The second-order valence-corrected chi connectivity index (χ2v) is 6.98. The van der Waals surface area contributed by atoms with Gasteiger partial charge in [0.1, 0.15) is 16.9 Å². The third-order valence-corrected chi connectivity index (χ3v) is 5.76. The van der Waals surface area contributed by atoms with Crippen molar-refractivity contribution in [2.24, 2.45) is 0 Å². The van der Waals surface area contributed by atoms with Gasteiger partial charge in [-0.15, -0.1) is 11.8 Å². The highest BCUT2D eigenvalue weighted by Gasteiger charge is 2.35. The fourth-order valence-corrected chi connectivity index (χ4v) is 4.47. The Morgan fingerprint density at radius 1 is 1.17 bits per heavy atom. The summed E-state index contributed by atoms with van der Waals surface area (Å²) in [5.74, 6) is 2.35. The molecule has 0 spiro atoms. The largest absolute Gasteiger partial charge is 0.497 e. The number of amides is 1. The van der Waals surface area contributed by atoms with Gasteiger partial charge in [0.2, 0.25) is 5.91 Å². The van der Waals surface area contributed by atoms with Gasteiger partial charge in [0.15, 0.2) is 0 Å². The van der Waals surface area contributed by atoms with Crippen LogP contribution in [0.25, 0.3) is 0 Å². The van der Waals surface area contributed by atoms with Crippen LogP contribution in [0.4, 0.5) is 0 Å². The van der Waals surface area contributed by atoms with Crippen LogP contribution in [0.15, 0.2) is 18.2 Å². The summed E-state index contributed by atoms with van der Waals surface area (Å²) in [5, 5.41) is 0.00940. The van der Waals surface area contributed by atoms with E-state index in [1.54, 1.807) is 26.0 Å². The number of thioether (sulfide) groups is 1. The van der Waals surface area contributed by atoms with E-state index in [4.69, 9.17) is 9.47 Å². The van der Waals surface area contributed by atoms with Crippen LogP contribution in [0.2, 0.25) is 0 Å². The van der Waals surface area contributed by atoms with Crippen LogP contribution < -0.4 is 9.47 Å². The molecule has 0 aromatic heterocycles. The zero-order chi connectivity index (χ0) is 16.2. The summed E-state index contributed by atoms with van der Waals surface area (Å²) in [6, 6.07) is 5.78. The molecule has 1 amide bonds. The fourth-order valence-electron chi connectivity index (χ4n) is 3.24. The first-order valence-corrected chi connectivity index (χ1v) is 9.13. The topological polar surface area (TPSA) is 42.0 Å². The fraction of sp³-hybridized carbons (Fsp3) is 0.588. The Balaban J connectivity index is 1.77. The number of hydrogen-bond acceptors (Lipinski definition) is 5. The average molecular weight is 336 g/mol. The lowest BCUT2D eigenvalue weighted by molar-refractivity contribution is -0.128. The van der Waals surface area contributed by atoms with Gasteiger partial charge in [-0.2, -0.15) is 0 Å². The molecule has 0 saturated carbocycles. The van der Waals surface area contributed by atoms with Gasteiger partial charge in [0, 0.05) is 18.7 Å². The molecule has 0 bridgehead atoms. The van der Waals surface area contributed by atoms with Crippen molar-refractivity contribution in [2.45, 2.75) is 18.2 Å². The van der Waals surface area contributed by atoms with E-state index in [2.05, 4.69) is 4.90 Å². The van der Waals surface area contributed by atoms with Crippen molar-refractivity contribution < 1.29 is 14.3 Å². The molecule has 1 aromatic rings. The van der Waals surface area contributed by atoms with Gasteiger partial charge < -0.3 is 19.3 Å². The number of benzene rings is 1. The molecule has 1 aromatic carbocycles. The molecule has 126 valence electrons. The molecular weight excluding hydrogens is 312 g/mol. The SMILES string of the molecule is COc1ccc(OC)c(C2SCC(=O)N2CCN2CCCC2)c1. The lowest BCUT2D eigenvalue weighted by atomic mass is 10.1. The van der Waals surface area contributed by atoms with Crippen molar-refractivity contribution in [2.75, 3.05) is 46.2 Å². The monoisotopic (exact) mass is 336 g/mol. The van der Waals surface area contributed by atoms with Crippen molar-refractivity contribution in [3.8, 4) is 11.5 Å². The smallest absolute Gasteiger partial charge is 0.233 e. The molecule has 5 nitrogen and oxygen atoms in total. The maximum atomic E-state index is 12.3. The Labute approximate surface area is 141 Å². The Hall–Kier alpha value is -1.40. The summed E-state index contributed by atoms with van der Waals surface area (Å²) in [6.45, 7) is 4.04. The van der Waals surface area contributed by atoms with E-state index >= 15 is 0 Å². The second-order valence-electron chi connectivity index (χ2n) is 5.91. The van der Waals surface area contributed by atoms with Crippen LogP contribution in [0.1, 0.15) is 23.8 Å². The van der Waals surface area contributed by atoms with Crippen molar-refractivity contribution in [3.05, 3.63) is 23.8 Å². The predicted molar refractivity (Wildman–Crippen MR) is 92.1 cm³/mol. The highest BCUT2D eigenvalue weighted by Crippen LogP contribution is 2.43. The summed E-state index contributed by atoms with van der Waals surface area (Å²) in [6.07, 6.45) is 2.55. The van der Waals surface area contributed by atoms with Gasteiger partial charge in [-0.1, -0.05) is 0 Å². The first-order chi connectivity index (χ1) is 11.2. The summed E-state index contributed by atoms with van der Waals surface area (Å²) in [7, 11) is 3.32. The minimum Gasteiger partial charge on any atom is -0.497 e. The Morgan fingerprint density at radius 3 is 2.65 bits per heavy atom. The number of carbonyl (C=O) groups excluding carboxylic acids is 1. The summed E-state index contributed by atoms with van der Waals surface area (Å²) >= 11 is 1.67. The number of likely N-dealkylation sites (tertiary alicyclic amines) is 1. The van der Waals surface area contributed by atoms with Crippen LogP contribution in [-0.4, -0.2) is 61.9 Å². The third kappa shape index (κ3) is 3.58. The van der Waals surface area contributed by atoms with Crippen molar-refractivity contribution in [1.82, 2.24) is 9.80 Å². The maximum absolute atomic E-state index is 12.3. The molecule has 2 aliphatic rings.